The van der Waals surface area contributed by atoms with Gasteiger partial charge in [0.1, 0.15) is 5.75 Å². The predicted octanol–water partition coefficient (Wildman–Crippen LogP) is 1.02. The lowest BCUT2D eigenvalue weighted by Gasteiger charge is -2.37. The molecule has 0 unspecified atom stereocenters. The Bertz CT molecular complexity index is 377. The standard InChI is InChI=1S/C12H16BNO2/c15-13-16-11-7-9-3-1-5-14-6-2-4-10(8-11)12(9)14/h7-8,13,15H,1-6H2. The van der Waals surface area contributed by atoms with Gasteiger partial charge in [0.15, 0.2) is 0 Å². The van der Waals surface area contributed by atoms with Crippen molar-refractivity contribution in [1.29, 1.82) is 0 Å². The minimum atomic E-state index is -0.234. The summed E-state index contributed by atoms with van der Waals surface area (Å²) in [5, 5.41) is 8.82. The van der Waals surface area contributed by atoms with Gasteiger partial charge in [-0.3, -0.25) is 0 Å². The molecule has 0 fully saturated rings. The van der Waals surface area contributed by atoms with E-state index in [0.717, 1.165) is 18.6 Å². The largest absolute Gasteiger partial charge is 0.539 e. The van der Waals surface area contributed by atoms with Crippen LogP contribution < -0.4 is 9.55 Å². The third-order valence-corrected chi connectivity index (χ3v) is 3.54. The van der Waals surface area contributed by atoms with E-state index in [1.807, 2.05) is 0 Å². The predicted molar refractivity (Wildman–Crippen MR) is 65.3 cm³/mol. The molecule has 0 saturated heterocycles. The summed E-state index contributed by atoms with van der Waals surface area (Å²) in [6.45, 7) is 2.39. The van der Waals surface area contributed by atoms with E-state index >= 15 is 0 Å². The normalized spacial score (nSPS) is 17.9. The Morgan fingerprint density at radius 3 is 2.31 bits per heavy atom. The topological polar surface area (TPSA) is 32.7 Å². The van der Waals surface area contributed by atoms with Crippen molar-refractivity contribution in [3.05, 3.63) is 23.3 Å². The van der Waals surface area contributed by atoms with E-state index in [0.29, 0.717) is 0 Å². The minimum absolute atomic E-state index is 0.234. The lowest BCUT2D eigenvalue weighted by molar-refractivity contribution is 0.452. The molecule has 0 bridgehead atoms. The first kappa shape index (κ1) is 10.0. The highest BCUT2D eigenvalue weighted by molar-refractivity contribution is 6.17. The number of aryl methyl sites for hydroxylation is 2. The summed E-state index contributed by atoms with van der Waals surface area (Å²) in [6.07, 6.45) is 4.74. The quantitative estimate of drug-likeness (QED) is 0.750. The summed E-state index contributed by atoms with van der Waals surface area (Å²) in [7, 11) is -0.234. The van der Waals surface area contributed by atoms with E-state index in [2.05, 4.69) is 17.0 Å². The number of nitrogens with zero attached hydrogens (tertiary/aromatic N) is 1. The van der Waals surface area contributed by atoms with Crippen LogP contribution in [0.3, 0.4) is 0 Å². The van der Waals surface area contributed by atoms with Gasteiger partial charge < -0.3 is 14.6 Å². The van der Waals surface area contributed by atoms with E-state index in [1.165, 1.54) is 42.7 Å². The Morgan fingerprint density at radius 2 is 1.75 bits per heavy atom. The third-order valence-electron chi connectivity index (χ3n) is 3.54. The van der Waals surface area contributed by atoms with Crippen molar-refractivity contribution in [3.8, 4) is 5.75 Å². The molecular formula is C12H16BNO2. The lowest BCUT2D eigenvalue weighted by Crippen LogP contribution is -2.34. The molecule has 1 N–H and O–H groups in total. The third kappa shape index (κ3) is 1.57. The van der Waals surface area contributed by atoms with Gasteiger partial charge in [0.05, 0.1) is 0 Å². The van der Waals surface area contributed by atoms with Crippen molar-refractivity contribution in [2.45, 2.75) is 25.7 Å². The number of hydrogen-bond donors (Lipinski definition) is 1. The highest BCUT2D eigenvalue weighted by atomic mass is 16.5. The summed E-state index contributed by atoms with van der Waals surface area (Å²) in [5.41, 5.74) is 4.24. The molecule has 3 rings (SSSR count). The smallest absolute Gasteiger partial charge is 0.504 e. The molecular weight excluding hydrogens is 201 g/mol. The summed E-state index contributed by atoms with van der Waals surface area (Å²) >= 11 is 0. The van der Waals surface area contributed by atoms with Gasteiger partial charge in [-0.25, -0.2) is 0 Å². The van der Waals surface area contributed by atoms with Crippen LogP contribution in [0.4, 0.5) is 5.69 Å². The van der Waals surface area contributed by atoms with Crippen LogP contribution in [0.1, 0.15) is 24.0 Å². The zero-order valence-corrected chi connectivity index (χ0v) is 9.41. The van der Waals surface area contributed by atoms with Crippen LogP contribution >= 0.6 is 0 Å². The van der Waals surface area contributed by atoms with E-state index in [9.17, 15) is 0 Å². The van der Waals surface area contributed by atoms with Gasteiger partial charge in [-0.15, -0.1) is 0 Å². The first-order valence-corrected chi connectivity index (χ1v) is 6.03. The summed E-state index contributed by atoms with van der Waals surface area (Å²) in [6, 6.07) is 4.18. The van der Waals surface area contributed by atoms with Crippen LogP contribution in [0.15, 0.2) is 12.1 Å². The Hall–Kier alpha value is -1.16. The molecule has 0 spiro atoms. The maximum Gasteiger partial charge on any atom is 0.504 e. The van der Waals surface area contributed by atoms with Crippen molar-refractivity contribution in [2.24, 2.45) is 0 Å². The number of anilines is 1. The molecule has 84 valence electrons. The van der Waals surface area contributed by atoms with Crippen LogP contribution in [-0.4, -0.2) is 25.8 Å². The second-order valence-electron chi connectivity index (χ2n) is 4.56. The van der Waals surface area contributed by atoms with Crippen LogP contribution in [0, 0.1) is 0 Å². The van der Waals surface area contributed by atoms with E-state index in [-0.39, 0.29) is 7.69 Å². The van der Waals surface area contributed by atoms with Crippen LogP contribution in [0.25, 0.3) is 0 Å². The highest BCUT2D eigenvalue weighted by Gasteiger charge is 2.24. The zero-order chi connectivity index (χ0) is 11.0. The van der Waals surface area contributed by atoms with Crippen molar-refractivity contribution < 1.29 is 9.68 Å². The molecule has 2 aliphatic heterocycles. The first-order valence-electron chi connectivity index (χ1n) is 6.03. The summed E-state index contributed by atoms with van der Waals surface area (Å²) < 4.78 is 5.21. The van der Waals surface area contributed by atoms with Crippen molar-refractivity contribution in [2.75, 3.05) is 18.0 Å². The number of rotatable bonds is 2. The van der Waals surface area contributed by atoms with Crippen molar-refractivity contribution in [3.63, 3.8) is 0 Å². The van der Waals surface area contributed by atoms with Gasteiger partial charge in [0.25, 0.3) is 0 Å². The molecule has 16 heavy (non-hydrogen) atoms. The molecule has 0 atom stereocenters. The SMILES string of the molecule is OBOc1cc2c3c(c1)CCCN3CCC2. The van der Waals surface area contributed by atoms with E-state index < -0.39 is 0 Å². The molecule has 4 heteroatoms. The summed E-state index contributed by atoms with van der Waals surface area (Å²) in [4.78, 5) is 2.50. The van der Waals surface area contributed by atoms with Crippen LogP contribution in [0.2, 0.25) is 0 Å². The fourth-order valence-corrected chi connectivity index (χ4v) is 2.93. The van der Waals surface area contributed by atoms with Crippen LogP contribution in [-0.2, 0) is 12.8 Å². The van der Waals surface area contributed by atoms with E-state index in [4.69, 9.17) is 9.68 Å². The molecule has 1 aromatic rings. The molecule has 0 amide bonds. The van der Waals surface area contributed by atoms with E-state index in [1.54, 1.807) is 0 Å². The molecule has 2 aliphatic rings. The lowest BCUT2D eigenvalue weighted by atomic mass is 9.92. The van der Waals surface area contributed by atoms with Crippen molar-refractivity contribution in [1.82, 2.24) is 0 Å². The Kier molecular flexibility index (Phi) is 2.52. The maximum atomic E-state index is 8.82. The monoisotopic (exact) mass is 217 g/mol. The Labute approximate surface area is 96.3 Å². The molecule has 0 aromatic heterocycles. The van der Waals surface area contributed by atoms with Gasteiger partial charge in [-0.1, -0.05) is 0 Å². The van der Waals surface area contributed by atoms with Gasteiger partial charge in [-0.2, -0.15) is 0 Å². The Morgan fingerprint density at radius 1 is 1.12 bits per heavy atom. The highest BCUT2D eigenvalue weighted by Crippen LogP contribution is 2.37. The molecule has 3 nitrogen and oxygen atoms in total. The zero-order valence-electron chi connectivity index (χ0n) is 9.41. The Balaban J connectivity index is 2.06. The molecule has 2 heterocycles. The van der Waals surface area contributed by atoms with Crippen molar-refractivity contribution >= 4 is 13.4 Å². The van der Waals surface area contributed by atoms with Gasteiger partial charge in [0, 0.05) is 18.8 Å². The number of hydrogen-bond acceptors (Lipinski definition) is 3. The molecule has 0 aliphatic carbocycles. The van der Waals surface area contributed by atoms with Gasteiger partial charge >= 0.3 is 7.69 Å². The molecule has 1 aromatic carbocycles. The number of benzene rings is 1. The first-order chi connectivity index (χ1) is 7.88. The fraction of sp³-hybridized carbons (Fsp3) is 0.500. The van der Waals surface area contributed by atoms with Gasteiger partial charge in [0.2, 0.25) is 0 Å². The molecule has 0 saturated carbocycles. The second kappa shape index (κ2) is 4.02. The second-order valence-corrected chi connectivity index (χ2v) is 4.56. The average Bonchev–Trinajstić information content (AvgIpc) is 2.30. The maximum absolute atomic E-state index is 8.82. The fourth-order valence-electron chi connectivity index (χ4n) is 2.93. The molecule has 0 radical (unpaired) electrons. The van der Waals surface area contributed by atoms with Crippen LogP contribution in [0.5, 0.6) is 5.75 Å². The van der Waals surface area contributed by atoms with Gasteiger partial charge in [-0.05, 0) is 48.9 Å². The average molecular weight is 217 g/mol. The summed E-state index contributed by atoms with van der Waals surface area (Å²) in [5.74, 6) is 0.819. The minimum Gasteiger partial charge on any atom is -0.539 e.